The van der Waals surface area contributed by atoms with E-state index in [9.17, 15) is 10.1 Å². The van der Waals surface area contributed by atoms with Crippen molar-refractivity contribution in [3.05, 3.63) is 64.2 Å². The Morgan fingerprint density at radius 3 is 2.52 bits per heavy atom. The number of non-ortho nitro benzene ring substituents is 1. The van der Waals surface area contributed by atoms with Crippen molar-refractivity contribution in [3.63, 3.8) is 0 Å². The van der Waals surface area contributed by atoms with Gasteiger partial charge in [0.1, 0.15) is 11.5 Å². The van der Waals surface area contributed by atoms with Crippen LogP contribution in [0.5, 0.6) is 11.5 Å². The summed E-state index contributed by atoms with van der Waals surface area (Å²) in [7, 11) is 1.63. The van der Waals surface area contributed by atoms with Crippen molar-refractivity contribution in [2.24, 2.45) is 0 Å². The molecule has 5 nitrogen and oxygen atoms in total. The van der Waals surface area contributed by atoms with E-state index in [1.807, 2.05) is 37.3 Å². The van der Waals surface area contributed by atoms with Crippen molar-refractivity contribution in [3.8, 4) is 11.5 Å². The predicted octanol–water partition coefficient (Wildman–Crippen LogP) is 4.48. The lowest BCUT2D eigenvalue weighted by Crippen LogP contribution is -2.02. The number of nitro benzene ring substituents is 1. The van der Waals surface area contributed by atoms with Crippen LogP contribution in [0.2, 0.25) is 0 Å². The van der Waals surface area contributed by atoms with Crippen LogP contribution >= 0.6 is 11.8 Å². The number of ether oxygens (including phenoxy) is 2. The topological polar surface area (TPSA) is 61.6 Å². The molecule has 2 aromatic carbocycles. The summed E-state index contributed by atoms with van der Waals surface area (Å²) < 4.78 is 10.8. The molecule has 0 bridgehead atoms. The normalized spacial score (nSPS) is 11.7. The van der Waals surface area contributed by atoms with Gasteiger partial charge in [0.2, 0.25) is 0 Å². The molecule has 0 heterocycles. The van der Waals surface area contributed by atoms with Crippen molar-refractivity contribution in [1.82, 2.24) is 0 Å². The Morgan fingerprint density at radius 1 is 1.17 bits per heavy atom. The Balaban J connectivity index is 1.79. The average Bonchev–Trinajstić information content (AvgIpc) is 2.59. The number of hydrogen-bond acceptors (Lipinski definition) is 5. The van der Waals surface area contributed by atoms with Crippen molar-refractivity contribution in [2.75, 3.05) is 19.5 Å². The predicted molar refractivity (Wildman–Crippen MR) is 92.5 cm³/mol. The van der Waals surface area contributed by atoms with Gasteiger partial charge in [-0.2, -0.15) is 11.8 Å². The monoisotopic (exact) mass is 333 g/mol. The number of nitrogens with zero attached hydrogens (tertiary/aromatic N) is 1. The van der Waals surface area contributed by atoms with Gasteiger partial charge in [-0.05, 0) is 36.8 Å². The first kappa shape index (κ1) is 17.1. The highest BCUT2D eigenvalue weighted by molar-refractivity contribution is 7.99. The zero-order valence-electron chi connectivity index (χ0n) is 13.1. The van der Waals surface area contributed by atoms with Gasteiger partial charge in [0.15, 0.2) is 0 Å². The minimum atomic E-state index is -0.367. The van der Waals surface area contributed by atoms with E-state index in [2.05, 4.69) is 0 Å². The quantitative estimate of drug-likeness (QED) is 0.405. The molecule has 0 aliphatic heterocycles. The molecule has 1 atom stereocenters. The molecule has 0 amide bonds. The second-order valence-electron chi connectivity index (χ2n) is 4.89. The second-order valence-corrected chi connectivity index (χ2v) is 6.34. The summed E-state index contributed by atoms with van der Waals surface area (Å²) in [6.07, 6.45) is 0. The first-order valence-corrected chi connectivity index (χ1v) is 8.28. The average molecular weight is 333 g/mol. The maximum absolute atomic E-state index is 10.8. The summed E-state index contributed by atoms with van der Waals surface area (Å²) in [6.45, 7) is 2.62. The van der Waals surface area contributed by atoms with Crippen LogP contribution < -0.4 is 9.47 Å². The molecule has 1 unspecified atom stereocenters. The number of rotatable bonds is 8. The molecule has 0 saturated carbocycles. The van der Waals surface area contributed by atoms with Gasteiger partial charge in [0.25, 0.3) is 5.69 Å². The van der Waals surface area contributed by atoms with Crippen molar-refractivity contribution < 1.29 is 14.4 Å². The lowest BCUT2D eigenvalue weighted by molar-refractivity contribution is -0.384. The molecule has 0 fully saturated rings. The van der Waals surface area contributed by atoms with Crippen LogP contribution in [0.25, 0.3) is 0 Å². The van der Waals surface area contributed by atoms with E-state index in [1.165, 1.54) is 6.07 Å². The maximum atomic E-state index is 10.8. The number of benzene rings is 2. The van der Waals surface area contributed by atoms with E-state index in [0.717, 1.165) is 22.8 Å². The molecule has 0 spiro atoms. The molecule has 0 aliphatic carbocycles. The van der Waals surface area contributed by atoms with Crippen LogP contribution in [0.4, 0.5) is 5.69 Å². The molecule has 0 aromatic heterocycles. The Bertz CT molecular complexity index is 645. The minimum Gasteiger partial charge on any atom is -0.497 e. The summed E-state index contributed by atoms with van der Waals surface area (Å²) >= 11 is 1.70. The fourth-order valence-corrected chi connectivity index (χ4v) is 2.92. The highest BCUT2D eigenvalue weighted by Crippen LogP contribution is 2.30. The van der Waals surface area contributed by atoms with Crippen LogP contribution in [0, 0.1) is 10.1 Å². The molecular formula is C17H19NO4S. The van der Waals surface area contributed by atoms with Crippen molar-refractivity contribution >= 4 is 17.4 Å². The van der Waals surface area contributed by atoms with Gasteiger partial charge in [-0.3, -0.25) is 10.1 Å². The van der Waals surface area contributed by atoms with Gasteiger partial charge in [-0.1, -0.05) is 12.1 Å². The molecule has 6 heteroatoms. The smallest absolute Gasteiger partial charge is 0.269 e. The summed E-state index contributed by atoms with van der Waals surface area (Å²) in [5.41, 5.74) is 1.08. The first-order valence-electron chi connectivity index (χ1n) is 7.23. The third-order valence-electron chi connectivity index (χ3n) is 3.33. The Hall–Kier alpha value is -2.21. The van der Waals surface area contributed by atoms with Crippen LogP contribution in [-0.2, 0) is 0 Å². The molecule has 0 aliphatic rings. The largest absolute Gasteiger partial charge is 0.497 e. The number of methoxy groups -OCH3 is 1. The zero-order chi connectivity index (χ0) is 16.7. The Kier molecular flexibility index (Phi) is 6.29. The van der Waals surface area contributed by atoms with Gasteiger partial charge in [-0.25, -0.2) is 0 Å². The van der Waals surface area contributed by atoms with E-state index in [4.69, 9.17) is 9.47 Å². The van der Waals surface area contributed by atoms with Crippen LogP contribution in [-0.4, -0.2) is 24.4 Å². The summed E-state index contributed by atoms with van der Waals surface area (Å²) in [5.74, 6) is 2.40. The van der Waals surface area contributed by atoms with Crippen molar-refractivity contribution in [2.45, 2.75) is 12.2 Å². The summed E-state index contributed by atoms with van der Waals surface area (Å²) in [5, 5.41) is 11.0. The van der Waals surface area contributed by atoms with Gasteiger partial charge >= 0.3 is 0 Å². The molecule has 0 saturated heterocycles. The third kappa shape index (κ3) is 5.17. The molecule has 2 aromatic rings. The standard InChI is InChI=1S/C17H19NO4S/c1-13(14-4-3-5-15(12-14)18(19)20)23-11-10-22-17-8-6-16(21-2)7-9-17/h3-9,12-13H,10-11H2,1-2H3. The number of thioether (sulfide) groups is 1. The second kappa shape index (κ2) is 8.43. The summed E-state index contributed by atoms with van der Waals surface area (Å²) in [4.78, 5) is 10.4. The highest BCUT2D eigenvalue weighted by atomic mass is 32.2. The first-order chi connectivity index (χ1) is 11.1. The van der Waals surface area contributed by atoms with Gasteiger partial charge < -0.3 is 9.47 Å². The number of hydrogen-bond donors (Lipinski definition) is 0. The fourth-order valence-electron chi connectivity index (χ4n) is 2.04. The van der Waals surface area contributed by atoms with Gasteiger partial charge in [-0.15, -0.1) is 0 Å². The molecule has 0 N–H and O–H groups in total. The van der Waals surface area contributed by atoms with Gasteiger partial charge in [0, 0.05) is 23.1 Å². The SMILES string of the molecule is COc1ccc(OCCSC(C)c2cccc([N+](=O)[O-])c2)cc1. The van der Waals surface area contributed by atoms with E-state index in [-0.39, 0.29) is 15.9 Å². The van der Waals surface area contributed by atoms with E-state index < -0.39 is 0 Å². The van der Waals surface area contributed by atoms with Crippen LogP contribution in [0.1, 0.15) is 17.7 Å². The number of nitro groups is 1. The highest BCUT2D eigenvalue weighted by Gasteiger charge is 2.11. The lowest BCUT2D eigenvalue weighted by Gasteiger charge is -2.12. The van der Waals surface area contributed by atoms with Crippen molar-refractivity contribution in [1.29, 1.82) is 0 Å². The Labute approximate surface area is 139 Å². The molecule has 0 radical (unpaired) electrons. The van der Waals surface area contributed by atoms with Crippen LogP contribution in [0.15, 0.2) is 48.5 Å². The lowest BCUT2D eigenvalue weighted by atomic mass is 10.1. The summed E-state index contributed by atoms with van der Waals surface area (Å²) in [6, 6.07) is 14.2. The zero-order valence-corrected chi connectivity index (χ0v) is 13.9. The molecular weight excluding hydrogens is 314 g/mol. The fraction of sp³-hybridized carbons (Fsp3) is 0.294. The Morgan fingerprint density at radius 2 is 1.87 bits per heavy atom. The van der Waals surface area contributed by atoms with Crippen LogP contribution in [0.3, 0.4) is 0 Å². The van der Waals surface area contributed by atoms with E-state index >= 15 is 0 Å². The molecule has 23 heavy (non-hydrogen) atoms. The molecule has 2 rings (SSSR count). The molecule has 122 valence electrons. The van der Waals surface area contributed by atoms with Gasteiger partial charge in [0.05, 0.1) is 18.6 Å². The third-order valence-corrected chi connectivity index (χ3v) is 4.50. The van der Waals surface area contributed by atoms with E-state index in [1.54, 1.807) is 31.0 Å². The minimum absolute atomic E-state index is 0.129. The maximum Gasteiger partial charge on any atom is 0.269 e. The van der Waals surface area contributed by atoms with E-state index in [0.29, 0.717) is 6.61 Å².